The SMILES string of the molecule is CCCC(CCS(=O)(=O)CCC)CNC1CC1. The minimum Gasteiger partial charge on any atom is -0.314 e. The van der Waals surface area contributed by atoms with Gasteiger partial charge in [-0.05, 0) is 44.6 Å². The summed E-state index contributed by atoms with van der Waals surface area (Å²) in [6.07, 6.45) is 6.45. The number of nitrogens with one attached hydrogen (secondary N) is 1. The van der Waals surface area contributed by atoms with Crippen LogP contribution in [0.25, 0.3) is 0 Å². The minimum atomic E-state index is -2.80. The van der Waals surface area contributed by atoms with E-state index in [4.69, 9.17) is 0 Å². The normalized spacial score (nSPS) is 18.2. The Morgan fingerprint density at radius 1 is 1.12 bits per heavy atom. The van der Waals surface area contributed by atoms with Crippen LogP contribution in [0, 0.1) is 5.92 Å². The largest absolute Gasteiger partial charge is 0.314 e. The molecule has 17 heavy (non-hydrogen) atoms. The Labute approximate surface area is 106 Å². The molecule has 4 heteroatoms. The highest BCUT2D eigenvalue weighted by molar-refractivity contribution is 7.91. The molecule has 1 saturated carbocycles. The molecule has 0 aliphatic heterocycles. The van der Waals surface area contributed by atoms with Gasteiger partial charge in [-0.2, -0.15) is 0 Å². The van der Waals surface area contributed by atoms with Crippen molar-refractivity contribution in [2.75, 3.05) is 18.1 Å². The lowest BCUT2D eigenvalue weighted by Gasteiger charge is -2.16. The molecule has 102 valence electrons. The summed E-state index contributed by atoms with van der Waals surface area (Å²) >= 11 is 0. The zero-order valence-corrected chi connectivity index (χ0v) is 12.1. The molecule has 0 aromatic carbocycles. The molecule has 0 radical (unpaired) electrons. The van der Waals surface area contributed by atoms with Gasteiger partial charge in [0.05, 0.1) is 5.75 Å². The maximum atomic E-state index is 11.7. The molecule has 1 fully saturated rings. The molecule has 0 amide bonds. The Morgan fingerprint density at radius 2 is 1.82 bits per heavy atom. The Hall–Kier alpha value is -0.0900. The van der Waals surface area contributed by atoms with E-state index in [1.807, 2.05) is 6.92 Å². The minimum absolute atomic E-state index is 0.349. The van der Waals surface area contributed by atoms with Gasteiger partial charge in [-0.15, -0.1) is 0 Å². The summed E-state index contributed by atoms with van der Waals surface area (Å²) < 4.78 is 23.3. The third kappa shape index (κ3) is 7.04. The molecule has 0 saturated heterocycles. The van der Waals surface area contributed by atoms with Gasteiger partial charge in [0.1, 0.15) is 9.84 Å². The van der Waals surface area contributed by atoms with Crippen LogP contribution in [-0.4, -0.2) is 32.5 Å². The Morgan fingerprint density at radius 3 is 2.35 bits per heavy atom. The van der Waals surface area contributed by atoms with Crippen LogP contribution in [0.5, 0.6) is 0 Å². The smallest absolute Gasteiger partial charge is 0.150 e. The van der Waals surface area contributed by atoms with Gasteiger partial charge >= 0.3 is 0 Å². The monoisotopic (exact) mass is 261 g/mol. The standard InChI is InChI=1S/C13H27NO2S/c1-3-5-12(11-14-13-6-7-13)8-10-17(15,16)9-4-2/h12-14H,3-11H2,1-2H3. The van der Waals surface area contributed by atoms with Gasteiger partial charge in [-0.1, -0.05) is 20.3 Å². The van der Waals surface area contributed by atoms with Gasteiger partial charge in [0, 0.05) is 11.8 Å². The van der Waals surface area contributed by atoms with E-state index in [0.717, 1.165) is 38.3 Å². The highest BCUT2D eigenvalue weighted by Crippen LogP contribution is 2.20. The molecule has 0 spiro atoms. The molecule has 0 aromatic heterocycles. The van der Waals surface area contributed by atoms with Gasteiger partial charge < -0.3 is 5.32 Å². The van der Waals surface area contributed by atoms with Crippen LogP contribution < -0.4 is 5.32 Å². The third-order valence-electron chi connectivity index (χ3n) is 3.32. The van der Waals surface area contributed by atoms with Crippen LogP contribution in [0.1, 0.15) is 52.4 Å². The molecule has 1 aliphatic rings. The summed E-state index contributed by atoms with van der Waals surface area (Å²) in [6.45, 7) is 5.10. The predicted molar refractivity (Wildman–Crippen MR) is 73.0 cm³/mol. The summed E-state index contributed by atoms with van der Waals surface area (Å²) in [6, 6.07) is 0.724. The first-order chi connectivity index (χ1) is 8.07. The van der Waals surface area contributed by atoms with E-state index < -0.39 is 9.84 Å². The molecule has 1 unspecified atom stereocenters. The van der Waals surface area contributed by atoms with E-state index in [0.29, 0.717) is 17.4 Å². The Kier molecular flexibility index (Phi) is 6.49. The van der Waals surface area contributed by atoms with E-state index in [1.165, 1.54) is 12.8 Å². The van der Waals surface area contributed by atoms with Crippen LogP contribution >= 0.6 is 0 Å². The van der Waals surface area contributed by atoms with Crippen LogP contribution in [0.4, 0.5) is 0 Å². The highest BCUT2D eigenvalue weighted by Gasteiger charge is 2.22. The van der Waals surface area contributed by atoms with E-state index in [2.05, 4.69) is 12.2 Å². The van der Waals surface area contributed by atoms with E-state index in [1.54, 1.807) is 0 Å². The topological polar surface area (TPSA) is 46.2 Å². The van der Waals surface area contributed by atoms with Crippen LogP contribution in [0.3, 0.4) is 0 Å². The second-order valence-electron chi connectivity index (χ2n) is 5.28. The van der Waals surface area contributed by atoms with Crippen molar-refractivity contribution in [3.05, 3.63) is 0 Å². The molecular weight excluding hydrogens is 234 g/mol. The lowest BCUT2D eigenvalue weighted by Crippen LogP contribution is -2.26. The number of sulfone groups is 1. The second-order valence-corrected chi connectivity index (χ2v) is 7.58. The summed E-state index contributed by atoms with van der Waals surface area (Å²) in [5.41, 5.74) is 0. The first kappa shape index (κ1) is 15.0. The third-order valence-corrected chi connectivity index (χ3v) is 5.21. The molecule has 1 N–H and O–H groups in total. The van der Waals surface area contributed by atoms with Crippen molar-refractivity contribution in [3.63, 3.8) is 0 Å². The van der Waals surface area contributed by atoms with Crippen molar-refractivity contribution in [1.29, 1.82) is 0 Å². The van der Waals surface area contributed by atoms with E-state index in [-0.39, 0.29) is 0 Å². The fourth-order valence-corrected chi connectivity index (χ4v) is 3.66. The lowest BCUT2D eigenvalue weighted by molar-refractivity contribution is 0.427. The molecule has 1 aliphatic carbocycles. The average molecular weight is 261 g/mol. The van der Waals surface area contributed by atoms with Crippen molar-refractivity contribution in [2.24, 2.45) is 5.92 Å². The first-order valence-corrected chi connectivity index (χ1v) is 8.83. The van der Waals surface area contributed by atoms with Crippen molar-refractivity contribution in [2.45, 2.75) is 58.4 Å². The molecule has 0 aromatic rings. The van der Waals surface area contributed by atoms with Gasteiger partial charge in [0.25, 0.3) is 0 Å². The van der Waals surface area contributed by atoms with Crippen molar-refractivity contribution >= 4 is 9.84 Å². The zero-order chi connectivity index (χ0) is 12.7. The van der Waals surface area contributed by atoms with Crippen LogP contribution in [-0.2, 0) is 9.84 Å². The van der Waals surface area contributed by atoms with Crippen molar-refractivity contribution in [1.82, 2.24) is 5.32 Å². The van der Waals surface area contributed by atoms with Crippen molar-refractivity contribution < 1.29 is 8.42 Å². The molecule has 0 heterocycles. The molecular formula is C13H27NO2S. The fraction of sp³-hybridized carbons (Fsp3) is 1.00. The summed E-state index contributed by atoms with van der Waals surface area (Å²) in [7, 11) is -2.80. The number of hydrogen-bond donors (Lipinski definition) is 1. The Bertz CT molecular complexity index is 297. The molecule has 1 rings (SSSR count). The van der Waals surface area contributed by atoms with E-state index >= 15 is 0 Å². The summed E-state index contributed by atoms with van der Waals surface area (Å²) in [4.78, 5) is 0. The highest BCUT2D eigenvalue weighted by atomic mass is 32.2. The molecule has 3 nitrogen and oxygen atoms in total. The van der Waals surface area contributed by atoms with Crippen LogP contribution in [0.2, 0.25) is 0 Å². The first-order valence-electron chi connectivity index (χ1n) is 7.01. The Balaban J connectivity index is 2.26. The quantitative estimate of drug-likeness (QED) is 0.657. The van der Waals surface area contributed by atoms with E-state index in [9.17, 15) is 8.42 Å². The maximum Gasteiger partial charge on any atom is 0.150 e. The summed E-state index contributed by atoms with van der Waals surface area (Å²) in [5, 5.41) is 3.51. The fourth-order valence-electron chi connectivity index (χ4n) is 2.14. The van der Waals surface area contributed by atoms with Crippen molar-refractivity contribution in [3.8, 4) is 0 Å². The number of rotatable bonds is 10. The zero-order valence-electron chi connectivity index (χ0n) is 11.2. The average Bonchev–Trinajstić information content (AvgIpc) is 3.06. The van der Waals surface area contributed by atoms with Crippen LogP contribution in [0.15, 0.2) is 0 Å². The van der Waals surface area contributed by atoms with Gasteiger partial charge in [-0.25, -0.2) is 8.42 Å². The number of hydrogen-bond acceptors (Lipinski definition) is 3. The van der Waals surface area contributed by atoms with Gasteiger partial charge in [0.15, 0.2) is 0 Å². The maximum absolute atomic E-state index is 11.7. The summed E-state index contributed by atoms with van der Waals surface area (Å²) in [5.74, 6) is 1.26. The van der Waals surface area contributed by atoms with Gasteiger partial charge in [0.2, 0.25) is 0 Å². The molecule has 1 atom stereocenters. The predicted octanol–water partition coefficient (Wildman–Crippen LogP) is 2.37. The molecule has 0 bridgehead atoms. The lowest BCUT2D eigenvalue weighted by atomic mass is 10.0. The van der Waals surface area contributed by atoms with Gasteiger partial charge in [-0.3, -0.25) is 0 Å². The second kappa shape index (κ2) is 7.37.